The minimum Gasteiger partial charge on any atom is -0.491 e. The van der Waals surface area contributed by atoms with E-state index in [1.165, 1.54) is 11.9 Å². The van der Waals surface area contributed by atoms with E-state index in [-0.39, 0.29) is 6.10 Å². The number of hydrogen-bond acceptors (Lipinski definition) is 3. The first-order valence-electron chi connectivity index (χ1n) is 3.86. The lowest BCUT2D eigenvalue weighted by atomic mass is 10.3. The Morgan fingerprint density at radius 3 is 2.25 bits per heavy atom. The summed E-state index contributed by atoms with van der Waals surface area (Å²) in [7, 11) is 0. The molecule has 0 amide bonds. The van der Waals surface area contributed by atoms with Crippen molar-refractivity contribution in [3.63, 3.8) is 0 Å². The molecule has 0 saturated heterocycles. The van der Waals surface area contributed by atoms with E-state index in [2.05, 4.69) is 0 Å². The average Bonchev–Trinajstić information content (AvgIpc) is 2.05. The number of hydrogen-bond donors (Lipinski definition) is 1. The zero-order chi connectivity index (χ0) is 8.97. The minimum atomic E-state index is 0.223. The molecule has 0 aliphatic rings. The molecule has 0 heterocycles. The monoisotopic (exact) mass is 183 g/mol. The summed E-state index contributed by atoms with van der Waals surface area (Å²) in [5.41, 5.74) is 0. The Morgan fingerprint density at radius 2 is 1.83 bits per heavy atom. The van der Waals surface area contributed by atoms with Crippen LogP contribution < -0.4 is 9.88 Å². The summed E-state index contributed by atoms with van der Waals surface area (Å²) in [6.07, 6.45) is 0.223. The van der Waals surface area contributed by atoms with Crippen molar-refractivity contribution in [2.45, 2.75) is 24.8 Å². The molecular weight excluding hydrogens is 170 g/mol. The summed E-state index contributed by atoms with van der Waals surface area (Å²) >= 11 is 1.24. The molecule has 2 nitrogen and oxygen atoms in total. The molecule has 0 bridgehead atoms. The summed E-state index contributed by atoms with van der Waals surface area (Å²) in [6, 6.07) is 7.75. The maximum absolute atomic E-state index is 5.46. The lowest BCUT2D eigenvalue weighted by Crippen LogP contribution is -2.05. The Bertz CT molecular complexity index is 233. The summed E-state index contributed by atoms with van der Waals surface area (Å²) in [5, 5.41) is 5.38. The van der Waals surface area contributed by atoms with E-state index in [4.69, 9.17) is 9.88 Å². The van der Waals surface area contributed by atoms with Gasteiger partial charge in [-0.15, -0.1) is 0 Å². The predicted octanol–water partition coefficient (Wildman–Crippen LogP) is 2.44. The van der Waals surface area contributed by atoms with Gasteiger partial charge in [0, 0.05) is 4.90 Å². The van der Waals surface area contributed by atoms with E-state index in [9.17, 15) is 0 Å². The van der Waals surface area contributed by atoms with Crippen molar-refractivity contribution in [3.05, 3.63) is 24.3 Å². The van der Waals surface area contributed by atoms with Gasteiger partial charge in [0.25, 0.3) is 0 Å². The molecule has 1 rings (SSSR count). The largest absolute Gasteiger partial charge is 0.491 e. The topological polar surface area (TPSA) is 35.2 Å². The van der Waals surface area contributed by atoms with Gasteiger partial charge in [0.2, 0.25) is 0 Å². The third kappa shape index (κ3) is 2.75. The number of rotatable bonds is 3. The maximum Gasteiger partial charge on any atom is 0.119 e. The molecular formula is C9H13NOS. The Balaban J connectivity index is 2.65. The lowest BCUT2D eigenvalue weighted by Gasteiger charge is -2.09. The lowest BCUT2D eigenvalue weighted by molar-refractivity contribution is 0.242. The highest BCUT2D eigenvalue weighted by molar-refractivity contribution is 7.97. The second-order valence-electron chi connectivity index (χ2n) is 2.76. The van der Waals surface area contributed by atoms with Crippen LogP contribution in [0.1, 0.15) is 13.8 Å². The number of ether oxygens (including phenoxy) is 1. The van der Waals surface area contributed by atoms with Crippen LogP contribution in [0, 0.1) is 0 Å². The van der Waals surface area contributed by atoms with Gasteiger partial charge in [-0.3, -0.25) is 5.14 Å². The predicted molar refractivity (Wildman–Crippen MR) is 52.3 cm³/mol. The van der Waals surface area contributed by atoms with Crippen LogP contribution in [0.5, 0.6) is 5.75 Å². The smallest absolute Gasteiger partial charge is 0.119 e. The van der Waals surface area contributed by atoms with Crippen molar-refractivity contribution in [3.8, 4) is 5.75 Å². The van der Waals surface area contributed by atoms with Gasteiger partial charge < -0.3 is 4.74 Å². The second-order valence-corrected chi connectivity index (χ2v) is 3.46. The van der Waals surface area contributed by atoms with Gasteiger partial charge in [-0.2, -0.15) is 0 Å². The van der Waals surface area contributed by atoms with Crippen molar-refractivity contribution in [2.75, 3.05) is 0 Å². The van der Waals surface area contributed by atoms with Gasteiger partial charge in [0.15, 0.2) is 0 Å². The highest BCUT2D eigenvalue weighted by Gasteiger charge is 1.96. The number of benzene rings is 1. The quantitative estimate of drug-likeness (QED) is 0.731. The van der Waals surface area contributed by atoms with E-state index in [0.29, 0.717) is 0 Å². The van der Waals surface area contributed by atoms with Crippen LogP contribution in [0.25, 0.3) is 0 Å². The van der Waals surface area contributed by atoms with Crippen LogP contribution in [0.3, 0.4) is 0 Å². The summed E-state index contributed by atoms with van der Waals surface area (Å²) in [4.78, 5) is 1.05. The molecule has 1 aromatic carbocycles. The zero-order valence-corrected chi connectivity index (χ0v) is 8.10. The molecule has 3 heteroatoms. The van der Waals surface area contributed by atoms with Gasteiger partial charge in [-0.1, -0.05) is 0 Å². The third-order valence-electron chi connectivity index (χ3n) is 1.33. The van der Waals surface area contributed by atoms with Crippen molar-refractivity contribution in [1.29, 1.82) is 0 Å². The van der Waals surface area contributed by atoms with Crippen LogP contribution in [0.4, 0.5) is 0 Å². The molecule has 0 aliphatic carbocycles. The summed E-state index contributed by atoms with van der Waals surface area (Å²) in [5.74, 6) is 0.891. The Morgan fingerprint density at radius 1 is 1.25 bits per heavy atom. The molecule has 1 aromatic rings. The van der Waals surface area contributed by atoms with Crippen LogP contribution in [0.2, 0.25) is 0 Å². The Kier molecular flexibility index (Phi) is 3.44. The van der Waals surface area contributed by atoms with E-state index in [1.807, 2.05) is 38.1 Å². The van der Waals surface area contributed by atoms with Crippen LogP contribution in [0.15, 0.2) is 29.2 Å². The molecule has 12 heavy (non-hydrogen) atoms. The normalized spacial score (nSPS) is 10.3. The summed E-state index contributed by atoms with van der Waals surface area (Å²) in [6.45, 7) is 4.01. The zero-order valence-electron chi connectivity index (χ0n) is 7.28. The maximum atomic E-state index is 5.46. The van der Waals surface area contributed by atoms with Gasteiger partial charge in [0.1, 0.15) is 5.75 Å². The third-order valence-corrected chi connectivity index (χ3v) is 1.88. The van der Waals surface area contributed by atoms with Gasteiger partial charge in [-0.25, -0.2) is 0 Å². The second kappa shape index (κ2) is 4.38. The fourth-order valence-electron chi connectivity index (χ4n) is 0.869. The standard InChI is InChI=1S/C9H13NOS/c1-7(2)11-8-3-5-9(12-10)6-4-8/h3-7H,10H2,1-2H3. The fourth-order valence-corrected chi connectivity index (χ4v) is 1.16. The molecule has 0 radical (unpaired) electrons. The van der Waals surface area contributed by atoms with E-state index < -0.39 is 0 Å². The number of nitrogens with two attached hydrogens (primary N) is 1. The first-order valence-corrected chi connectivity index (χ1v) is 4.74. The fraction of sp³-hybridized carbons (Fsp3) is 0.333. The van der Waals surface area contributed by atoms with Gasteiger partial charge in [-0.05, 0) is 50.1 Å². The van der Waals surface area contributed by atoms with Crippen LogP contribution in [-0.2, 0) is 0 Å². The molecule has 66 valence electrons. The first kappa shape index (κ1) is 9.42. The van der Waals surface area contributed by atoms with Crippen molar-refractivity contribution < 1.29 is 4.74 Å². The first-order chi connectivity index (χ1) is 5.72. The molecule has 0 spiro atoms. The SMILES string of the molecule is CC(C)Oc1ccc(SN)cc1. The van der Waals surface area contributed by atoms with Crippen molar-refractivity contribution in [2.24, 2.45) is 5.14 Å². The molecule has 0 aromatic heterocycles. The van der Waals surface area contributed by atoms with E-state index >= 15 is 0 Å². The molecule has 0 fully saturated rings. The van der Waals surface area contributed by atoms with Crippen molar-refractivity contribution >= 4 is 11.9 Å². The molecule has 2 N–H and O–H groups in total. The minimum absolute atomic E-state index is 0.223. The molecule has 0 saturated carbocycles. The Labute approximate surface area is 77.2 Å². The molecule has 0 atom stereocenters. The molecule has 0 aliphatic heterocycles. The Hall–Kier alpha value is -0.670. The van der Waals surface area contributed by atoms with Gasteiger partial charge >= 0.3 is 0 Å². The summed E-state index contributed by atoms with van der Waals surface area (Å²) < 4.78 is 5.46. The van der Waals surface area contributed by atoms with E-state index in [0.717, 1.165) is 10.6 Å². The van der Waals surface area contributed by atoms with Gasteiger partial charge in [0.05, 0.1) is 6.10 Å². The highest BCUT2D eigenvalue weighted by Crippen LogP contribution is 2.17. The highest BCUT2D eigenvalue weighted by atomic mass is 32.2. The van der Waals surface area contributed by atoms with E-state index in [1.54, 1.807) is 0 Å². The van der Waals surface area contributed by atoms with Crippen molar-refractivity contribution in [1.82, 2.24) is 0 Å². The molecule has 0 unspecified atom stereocenters. The average molecular weight is 183 g/mol. The van der Waals surface area contributed by atoms with Crippen LogP contribution >= 0.6 is 11.9 Å². The van der Waals surface area contributed by atoms with Crippen LogP contribution in [-0.4, -0.2) is 6.10 Å².